The zero-order valence-electron chi connectivity index (χ0n) is 12.6. The van der Waals surface area contributed by atoms with E-state index >= 15 is 0 Å². The molecule has 1 aliphatic heterocycles. The van der Waals surface area contributed by atoms with Crippen molar-refractivity contribution in [3.63, 3.8) is 0 Å². The van der Waals surface area contributed by atoms with Crippen molar-refractivity contribution in [2.24, 2.45) is 0 Å². The van der Waals surface area contributed by atoms with Gasteiger partial charge >= 0.3 is 11.9 Å². The molecule has 0 radical (unpaired) electrons. The summed E-state index contributed by atoms with van der Waals surface area (Å²) in [4.78, 5) is 23.1. The topological polar surface area (TPSA) is 88.8 Å². The smallest absolute Gasteiger partial charge is 0.352 e. The summed E-state index contributed by atoms with van der Waals surface area (Å²) in [5, 5.41) is 13.0. The molecule has 1 aromatic heterocycles. The Morgan fingerprint density at radius 1 is 1.48 bits per heavy atom. The lowest BCUT2D eigenvalue weighted by molar-refractivity contribution is -0.136. The Hall–Kier alpha value is -2.15. The predicted octanol–water partition coefficient (Wildman–Crippen LogP) is 2.00. The van der Waals surface area contributed by atoms with Crippen LogP contribution in [0.3, 0.4) is 0 Å². The number of nitrogens with one attached hydrogen (secondary N) is 1. The van der Waals surface area contributed by atoms with Crippen molar-refractivity contribution in [1.82, 2.24) is 5.32 Å². The number of methoxy groups -OCH3 is 1. The van der Waals surface area contributed by atoms with Crippen molar-refractivity contribution in [2.75, 3.05) is 7.11 Å². The van der Waals surface area contributed by atoms with Gasteiger partial charge < -0.3 is 19.6 Å². The number of carboxylic acid groups (broad SMARTS) is 1. The maximum absolute atomic E-state index is 12.0. The number of hydrogen-bond acceptors (Lipinski definition) is 6. The fourth-order valence-corrected chi connectivity index (χ4v) is 3.80. The van der Waals surface area contributed by atoms with Gasteiger partial charge in [-0.3, -0.25) is 0 Å². The second-order valence-electron chi connectivity index (χ2n) is 5.42. The molecule has 0 spiro atoms. The van der Waals surface area contributed by atoms with E-state index in [1.807, 2.05) is 6.07 Å². The third-order valence-electron chi connectivity index (χ3n) is 3.92. The summed E-state index contributed by atoms with van der Waals surface area (Å²) < 4.78 is 10.7. The van der Waals surface area contributed by atoms with Gasteiger partial charge in [0, 0.05) is 29.7 Å². The number of carbonyl (C=O) groups is 2. The molecular weight excluding hydrogens is 318 g/mol. The molecule has 2 aliphatic rings. The first-order valence-corrected chi connectivity index (χ1v) is 8.27. The molecule has 7 heteroatoms. The summed E-state index contributed by atoms with van der Waals surface area (Å²) in [5.41, 5.74) is 1.66. The summed E-state index contributed by atoms with van der Waals surface area (Å²) in [5.74, 6) is 0.293. The average Bonchev–Trinajstić information content (AvgIpc) is 3.02. The van der Waals surface area contributed by atoms with E-state index in [0.29, 0.717) is 12.0 Å². The van der Waals surface area contributed by atoms with Crippen molar-refractivity contribution >= 4 is 23.7 Å². The molecule has 0 fully saturated rings. The van der Waals surface area contributed by atoms with E-state index in [1.165, 1.54) is 36.0 Å². The van der Waals surface area contributed by atoms with Crippen molar-refractivity contribution < 1.29 is 23.8 Å². The lowest BCUT2D eigenvalue weighted by atomic mass is 10.1. The highest BCUT2D eigenvalue weighted by molar-refractivity contribution is 8.03. The van der Waals surface area contributed by atoms with Gasteiger partial charge in [0.05, 0.1) is 12.7 Å². The van der Waals surface area contributed by atoms with Gasteiger partial charge in [-0.2, -0.15) is 0 Å². The number of thioether (sulfide) groups is 1. The Balaban J connectivity index is 1.83. The van der Waals surface area contributed by atoms with E-state index in [4.69, 9.17) is 14.3 Å². The van der Waals surface area contributed by atoms with Crippen LogP contribution in [0.5, 0.6) is 0 Å². The van der Waals surface area contributed by atoms with Gasteiger partial charge in [-0.25, -0.2) is 9.59 Å². The molecule has 0 saturated carbocycles. The quantitative estimate of drug-likeness (QED) is 0.814. The van der Waals surface area contributed by atoms with Crippen LogP contribution in [0.4, 0.5) is 0 Å². The summed E-state index contributed by atoms with van der Waals surface area (Å²) in [6.45, 7) is 0. The van der Waals surface area contributed by atoms with Crippen LogP contribution in [0.25, 0.3) is 0 Å². The monoisotopic (exact) mass is 335 g/mol. The molecule has 2 N–H and O–H groups in total. The van der Waals surface area contributed by atoms with Gasteiger partial charge in [-0.1, -0.05) is 0 Å². The van der Waals surface area contributed by atoms with Crippen LogP contribution in [0.2, 0.25) is 0 Å². The maximum atomic E-state index is 12.0. The van der Waals surface area contributed by atoms with E-state index in [0.717, 1.165) is 30.8 Å². The molecule has 2 heterocycles. The molecule has 0 aromatic carbocycles. The van der Waals surface area contributed by atoms with Crippen LogP contribution in [0.1, 0.15) is 23.5 Å². The zero-order chi connectivity index (χ0) is 16.4. The van der Waals surface area contributed by atoms with Crippen molar-refractivity contribution in [2.45, 2.75) is 30.9 Å². The van der Waals surface area contributed by atoms with Crippen LogP contribution in [0, 0.1) is 0 Å². The standard InChI is InChI=1S/C16H17NO5S/c1-21-16(20)11-7-17-12(15(18)19)8-23-14(11)6-10-5-9-3-2-4-13(9)22-10/h5,7-8,14,17H,2-4,6H2,1H3,(H,18,19). The molecule has 0 amide bonds. The summed E-state index contributed by atoms with van der Waals surface area (Å²) in [7, 11) is 1.31. The minimum absolute atomic E-state index is 0.0286. The number of esters is 1. The number of aryl methyl sites for hydroxylation is 2. The molecule has 0 bridgehead atoms. The SMILES string of the molecule is COC(=O)C1=CNC(C(=O)O)=CSC1Cc1cc2c(o1)CCC2. The molecule has 23 heavy (non-hydrogen) atoms. The zero-order valence-corrected chi connectivity index (χ0v) is 13.4. The average molecular weight is 335 g/mol. The number of hydrogen-bond donors (Lipinski definition) is 2. The van der Waals surface area contributed by atoms with E-state index in [-0.39, 0.29) is 10.9 Å². The highest BCUT2D eigenvalue weighted by atomic mass is 32.2. The molecule has 1 aliphatic carbocycles. The summed E-state index contributed by atoms with van der Waals surface area (Å²) in [6.07, 6.45) is 5.02. The number of ether oxygens (including phenoxy) is 1. The maximum Gasteiger partial charge on any atom is 0.352 e. The Bertz CT molecular complexity index is 682. The van der Waals surface area contributed by atoms with Gasteiger partial charge in [-0.05, 0) is 24.5 Å². The fraction of sp³-hybridized carbons (Fsp3) is 0.375. The largest absolute Gasteiger partial charge is 0.477 e. The predicted molar refractivity (Wildman–Crippen MR) is 84.8 cm³/mol. The Morgan fingerprint density at radius 2 is 2.30 bits per heavy atom. The van der Waals surface area contributed by atoms with E-state index in [2.05, 4.69) is 5.32 Å². The Labute approximate surface area is 137 Å². The van der Waals surface area contributed by atoms with Crippen molar-refractivity contribution in [1.29, 1.82) is 0 Å². The van der Waals surface area contributed by atoms with Crippen LogP contribution < -0.4 is 5.32 Å². The first kappa shape index (κ1) is 15.7. The van der Waals surface area contributed by atoms with Crippen LogP contribution in [-0.2, 0) is 33.6 Å². The number of furan rings is 1. The molecule has 1 atom stereocenters. The van der Waals surface area contributed by atoms with Gasteiger partial charge in [-0.15, -0.1) is 11.8 Å². The van der Waals surface area contributed by atoms with Gasteiger partial charge in [0.2, 0.25) is 0 Å². The first-order chi connectivity index (χ1) is 11.1. The third-order valence-corrected chi connectivity index (χ3v) is 5.04. The molecule has 6 nitrogen and oxygen atoms in total. The van der Waals surface area contributed by atoms with E-state index in [9.17, 15) is 9.59 Å². The number of carboxylic acids is 1. The van der Waals surface area contributed by atoms with Gasteiger partial charge in [0.25, 0.3) is 0 Å². The molecule has 3 rings (SSSR count). The molecule has 0 saturated heterocycles. The Kier molecular flexibility index (Phi) is 4.47. The van der Waals surface area contributed by atoms with Crippen molar-refractivity contribution in [3.05, 3.63) is 46.0 Å². The number of carbonyl (C=O) groups excluding carboxylic acids is 1. The second-order valence-corrected chi connectivity index (χ2v) is 6.49. The molecule has 122 valence electrons. The number of fused-ring (bicyclic) bond motifs is 1. The fourth-order valence-electron chi connectivity index (χ4n) is 2.76. The lowest BCUT2D eigenvalue weighted by Gasteiger charge is -2.14. The molecule has 1 unspecified atom stereocenters. The molecular formula is C16H17NO5S. The van der Waals surface area contributed by atoms with Crippen molar-refractivity contribution in [3.8, 4) is 0 Å². The van der Waals surface area contributed by atoms with E-state index < -0.39 is 11.9 Å². The summed E-state index contributed by atoms with van der Waals surface area (Å²) >= 11 is 1.27. The Morgan fingerprint density at radius 3 is 3.00 bits per heavy atom. The minimum Gasteiger partial charge on any atom is -0.477 e. The lowest BCUT2D eigenvalue weighted by Crippen LogP contribution is -2.20. The van der Waals surface area contributed by atoms with E-state index in [1.54, 1.807) is 0 Å². The normalized spacial score (nSPS) is 20.0. The molecule has 1 aromatic rings. The van der Waals surface area contributed by atoms with Crippen LogP contribution in [0.15, 0.2) is 33.4 Å². The first-order valence-electron chi connectivity index (χ1n) is 7.32. The van der Waals surface area contributed by atoms with Gasteiger partial charge in [0.1, 0.15) is 17.2 Å². The highest BCUT2D eigenvalue weighted by Crippen LogP contribution is 2.31. The highest BCUT2D eigenvalue weighted by Gasteiger charge is 2.27. The minimum atomic E-state index is -1.07. The van der Waals surface area contributed by atoms with Crippen LogP contribution in [-0.4, -0.2) is 29.4 Å². The number of aliphatic carboxylic acids is 1. The van der Waals surface area contributed by atoms with Crippen LogP contribution >= 0.6 is 11.8 Å². The third kappa shape index (κ3) is 3.29. The van der Waals surface area contributed by atoms with Gasteiger partial charge in [0.15, 0.2) is 0 Å². The second kappa shape index (κ2) is 6.54. The number of rotatable bonds is 4. The summed E-state index contributed by atoms with van der Waals surface area (Å²) in [6, 6.07) is 2.04.